The van der Waals surface area contributed by atoms with Crippen LogP contribution >= 0.6 is 0 Å². The van der Waals surface area contributed by atoms with Gasteiger partial charge in [0.1, 0.15) is 5.69 Å². The van der Waals surface area contributed by atoms with E-state index in [2.05, 4.69) is 20.8 Å². The Labute approximate surface area is 135 Å². The summed E-state index contributed by atoms with van der Waals surface area (Å²) in [6.45, 7) is 2.53. The van der Waals surface area contributed by atoms with Crippen LogP contribution in [-0.4, -0.2) is 50.0 Å². The smallest absolute Gasteiger partial charge is 0.269 e. The van der Waals surface area contributed by atoms with E-state index >= 15 is 0 Å². The van der Waals surface area contributed by atoms with Gasteiger partial charge in [-0.05, 0) is 38.2 Å². The van der Waals surface area contributed by atoms with E-state index in [1.54, 1.807) is 26.4 Å². The van der Waals surface area contributed by atoms with Gasteiger partial charge in [0, 0.05) is 18.2 Å². The fraction of sp³-hybridized carbons (Fsp3) is 0.375. The molecule has 0 spiro atoms. The maximum absolute atomic E-state index is 12.1. The number of likely N-dealkylation sites (N-methyl/N-ethyl adjacent to an activating group) is 1. The van der Waals surface area contributed by atoms with Gasteiger partial charge in [0.05, 0.1) is 19.9 Å². The van der Waals surface area contributed by atoms with Crippen LogP contribution in [0.3, 0.4) is 0 Å². The molecule has 7 heteroatoms. The average Bonchev–Trinajstić information content (AvgIpc) is 3.08. The summed E-state index contributed by atoms with van der Waals surface area (Å²) in [5.74, 6) is 1.07. The van der Waals surface area contributed by atoms with E-state index in [-0.39, 0.29) is 11.9 Å². The van der Waals surface area contributed by atoms with Crippen molar-refractivity contribution in [3.63, 3.8) is 0 Å². The summed E-state index contributed by atoms with van der Waals surface area (Å²) >= 11 is 0. The Balaban J connectivity index is 2.14. The predicted octanol–water partition coefficient (Wildman–Crippen LogP) is 1.43. The van der Waals surface area contributed by atoms with Crippen LogP contribution in [0.25, 0.3) is 11.3 Å². The van der Waals surface area contributed by atoms with Gasteiger partial charge in [0.15, 0.2) is 11.5 Å². The molecule has 0 radical (unpaired) electrons. The lowest BCUT2D eigenvalue weighted by Gasteiger charge is -2.10. The Kier molecular flexibility index (Phi) is 5.59. The number of carbonyl (C=O) groups excluding carboxylic acids is 1. The van der Waals surface area contributed by atoms with E-state index in [1.807, 2.05) is 26.1 Å². The van der Waals surface area contributed by atoms with Gasteiger partial charge in [0.2, 0.25) is 0 Å². The topological polar surface area (TPSA) is 88.3 Å². The van der Waals surface area contributed by atoms with Crippen LogP contribution in [0.2, 0.25) is 0 Å². The first-order valence-electron chi connectivity index (χ1n) is 7.32. The van der Waals surface area contributed by atoms with Gasteiger partial charge in [0.25, 0.3) is 5.91 Å². The number of H-pyrrole nitrogens is 1. The molecule has 1 amide bonds. The standard InChI is InChI=1S/C16H22N4O3/c1-10(17-2)9-18-16(21)13-8-12(19-20-13)11-5-6-14(22-3)15(7-11)23-4/h5-8,10,17H,9H2,1-4H3,(H,18,21)(H,19,20). The number of amides is 1. The number of hydrogen-bond acceptors (Lipinski definition) is 5. The lowest BCUT2D eigenvalue weighted by molar-refractivity contribution is 0.0945. The van der Waals surface area contributed by atoms with E-state index in [9.17, 15) is 4.79 Å². The summed E-state index contributed by atoms with van der Waals surface area (Å²) in [4.78, 5) is 12.1. The molecule has 0 aliphatic carbocycles. The van der Waals surface area contributed by atoms with E-state index in [1.165, 1.54) is 0 Å². The van der Waals surface area contributed by atoms with Crippen molar-refractivity contribution in [1.82, 2.24) is 20.8 Å². The Hall–Kier alpha value is -2.54. The summed E-state index contributed by atoms with van der Waals surface area (Å²) < 4.78 is 10.5. The number of benzene rings is 1. The first kappa shape index (κ1) is 16.8. The number of nitrogens with one attached hydrogen (secondary N) is 3. The van der Waals surface area contributed by atoms with Crippen molar-refractivity contribution in [2.45, 2.75) is 13.0 Å². The van der Waals surface area contributed by atoms with Gasteiger partial charge in [-0.25, -0.2) is 0 Å². The number of hydrogen-bond donors (Lipinski definition) is 3. The first-order chi connectivity index (χ1) is 11.1. The predicted molar refractivity (Wildman–Crippen MR) is 88.0 cm³/mol. The molecular weight excluding hydrogens is 296 g/mol. The summed E-state index contributed by atoms with van der Waals surface area (Å²) in [6.07, 6.45) is 0. The largest absolute Gasteiger partial charge is 0.493 e. The molecule has 1 aromatic carbocycles. The number of aromatic amines is 1. The number of aromatic nitrogens is 2. The highest BCUT2D eigenvalue weighted by molar-refractivity contribution is 5.93. The highest BCUT2D eigenvalue weighted by Gasteiger charge is 2.13. The maximum Gasteiger partial charge on any atom is 0.269 e. The monoisotopic (exact) mass is 318 g/mol. The molecule has 0 saturated carbocycles. The van der Waals surface area contributed by atoms with Gasteiger partial charge in [-0.2, -0.15) is 5.10 Å². The minimum Gasteiger partial charge on any atom is -0.493 e. The quantitative estimate of drug-likeness (QED) is 0.719. The molecule has 23 heavy (non-hydrogen) atoms. The average molecular weight is 318 g/mol. The second kappa shape index (κ2) is 7.64. The second-order valence-corrected chi connectivity index (χ2v) is 5.14. The zero-order valence-corrected chi connectivity index (χ0v) is 13.8. The van der Waals surface area contributed by atoms with Crippen molar-refractivity contribution in [2.75, 3.05) is 27.8 Å². The molecular formula is C16H22N4O3. The van der Waals surface area contributed by atoms with Crippen molar-refractivity contribution in [3.8, 4) is 22.8 Å². The summed E-state index contributed by atoms with van der Waals surface area (Å²) in [6, 6.07) is 7.40. The summed E-state index contributed by atoms with van der Waals surface area (Å²) in [5, 5.41) is 12.8. The van der Waals surface area contributed by atoms with E-state index < -0.39 is 0 Å². The van der Waals surface area contributed by atoms with E-state index in [0.717, 1.165) is 5.56 Å². The Bertz CT molecular complexity index is 669. The lowest BCUT2D eigenvalue weighted by atomic mass is 10.1. The van der Waals surface area contributed by atoms with Crippen LogP contribution in [0.1, 0.15) is 17.4 Å². The van der Waals surface area contributed by atoms with Gasteiger partial charge in [-0.15, -0.1) is 0 Å². The molecule has 1 atom stereocenters. The third-order valence-corrected chi connectivity index (χ3v) is 3.56. The third kappa shape index (κ3) is 4.01. The van der Waals surface area contributed by atoms with Gasteiger partial charge in [-0.1, -0.05) is 0 Å². The van der Waals surface area contributed by atoms with Crippen molar-refractivity contribution in [3.05, 3.63) is 30.0 Å². The maximum atomic E-state index is 12.1. The number of methoxy groups -OCH3 is 2. The van der Waals surface area contributed by atoms with Crippen LogP contribution in [-0.2, 0) is 0 Å². The van der Waals surface area contributed by atoms with Crippen molar-refractivity contribution >= 4 is 5.91 Å². The van der Waals surface area contributed by atoms with Crippen LogP contribution in [0.5, 0.6) is 11.5 Å². The van der Waals surface area contributed by atoms with Gasteiger partial charge < -0.3 is 20.1 Å². The molecule has 7 nitrogen and oxygen atoms in total. The zero-order valence-electron chi connectivity index (χ0n) is 13.8. The highest BCUT2D eigenvalue weighted by Crippen LogP contribution is 2.31. The van der Waals surface area contributed by atoms with Gasteiger partial charge >= 0.3 is 0 Å². The molecule has 0 aliphatic heterocycles. The number of rotatable bonds is 7. The number of ether oxygens (including phenoxy) is 2. The van der Waals surface area contributed by atoms with E-state index in [0.29, 0.717) is 29.4 Å². The first-order valence-corrected chi connectivity index (χ1v) is 7.32. The zero-order chi connectivity index (χ0) is 16.8. The second-order valence-electron chi connectivity index (χ2n) is 5.14. The highest BCUT2D eigenvalue weighted by atomic mass is 16.5. The Morgan fingerprint density at radius 3 is 2.65 bits per heavy atom. The van der Waals surface area contributed by atoms with Crippen molar-refractivity contribution < 1.29 is 14.3 Å². The summed E-state index contributed by atoms with van der Waals surface area (Å²) in [7, 11) is 5.01. The van der Waals surface area contributed by atoms with Crippen molar-refractivity contribution in [2.24, 2.45) is 0 Å². The molecule has 1 heterocycles. The fourth-order valence-electron chi connectivity index (χ4n) is 2.02. The van der Waals surface area contributed by atoms with E-state index in [4.69, 9.17) is 9.47 Å². The molecule has 0 aliphatic rings. The normalized spacial score (nSPS) is 11.8. The molecule has 3 N–H and O–H groups in total. The minimum absolute atomic E-state index is 0.189. The Morgan fingerprint density at radius 2 is 2.00 bits per heavy atom. The Morgan fingerprint density at radius 1 is 1.26 bits per heavy atom. The van der Waals surface area contributed by atoms with Crippen LogP contribution < -0.4 is 20.1 Å². The molecule has 1 unspecified atom stereocenters. The third-order valence-electron chi connectivity index (χ3n) is 3.56. The van der Waals surface area contributed by atoms with Crippen LogP contribution in [0, 0.1) is 0 Å². The number of nitrogens with zero attached hydrogens (tertiary/aromatic N) is 1. The minimum atomic E-state index is -0.189. The number of carbonyl (C=O) groups is 1. The van der Waals surface area contributed by atoms with Crippen LogP contribution in [0.4, 0.5) is 0 Å². The molecule has 0 saturated heterocycles. The molecule has 1 aromatic heterocycles. The summed E-state index contributed by atoms with van der Waals surface area (Å²) in [5.41, 5.74) is 1.91. The molecule has 124 valence electrons. The van der Waals surface area contributed by atoms with Crippen LogP contribution in [0.15, 0.2) is 24.3 Å². The van der Waals surface area contributed by atoms with Crippen molar-refractivity contribution in [1.29, 1.82) is 0 Å². The molecule has 2 aromatic rings. The fourth-order valence-corrected chi connectivity index (χ4v) is 2.02. The molecule has 2 rings (SSSR count). The molecule has 0 fully saturated rings. The molecule has 0 bridgehead atoms. The SMILES string of the molecule is CNC(C)CNC(=O)c1cc(-c2ccc(OC)c(OC)c2)n[nH]1. The van der Waals surface area contributed by atoms with Gasteiger partial charge in [-0.3, -0.25) is 9.89 Å². The lowest BCUT2D eigenvalue weighted by Crippen LogP contribution is -2.37.